The van der Waals surface area contributed by atoms with E-state index in [2.05, 4.69) is 6.92 Å². The molecule has 0 bridgehead atoms. The zero-order valence-corrected chi connectivity index (χ0v) is 18.5. The molecule has 0 saturated heterocycles. The van der Waals surface area contributed by atoms with Gasteiger partial charge in [0.15, 0.2) is 5.16 Å². The molecule has 0 radical (unpaired) electrons. The molecule has 1 aromatic heterocycles. The molecular formula is C21H25N3O3S2. The number of rotatable bonds is 8. The van der Waals surface area contributed by atoms with Gasteiger partial charge in [0.25, 0.3) is 5.56 Å². The van der Waals surface area contributed by atoms with Crippen LogP contribution in [0.2, 0.25) is 0 Å². The predicted molar refractivity (Wildman–Crippen MR) is 118 cm³/mol. The maximum absolute atomic E-state index is 13.0. The number of hydrogen-bond acceptors (Lipinski definition) is 5. The molecule has 3 aromatic rings. The third kappa shape index (κ3) is 4.71. The summed E-state index contributed by atoms with van der Waals surface area (Å²) < 4.78 is 27.7. The fraction of sp³-hybridized carbons (Fsp3) is 0.333. The van der Waals surface area contributed by atoms with Gasteiger partial charge >= 0.3 is 0 Å². The standard InChI is InChI=1S/C21H25N3O3S2/c1-4-5-13-24-20(25)18-11-6-7-12-19(18)22-21(24)28-15-16-9-8-10-17(14-16)29(26,27)23(2)3/h6-12,14H,4-5,13,15H2,1-3H3. The topological polar surface area (TPSA) is 72.3 Å². The second-order valence-corrected chi connectivity index (χ2v) is 10.0. The van der Waals surface area contributed by atoms with E-state index in [1.807, 2.05) is 24.3 Å². The van der Waals surface area contributed by atoms with Gasteiger partial charge in [0, 0.05) is 26.4 Å². The van der Waals surface area contributed by atoms with E-state index >= 15 is 0 Å². The minimum Gasteiger partial charge on any atom is -0.287 e. The Balaban J connectivity index is 1.93. The number of unbranched alkanes of at least 4 members (excludes halogenated alkanes) is 1. The van der Waals surface area contributed by atoms with E-state index in [1.165, 1.54) is 30.2 Å². The van der Waals surface area contributed by atoms with E-state index < -0.39 is 10.0 Å². The number of nitrogens with zero attached hydrogens (tertiary/aromatic N) is 3. The van der Waals surface area contributed by atoms with Crippen LogP contribution in [0.5, 0.6) is 0 Å². The number of para-hydroxylation sites is 1. The number of benzene rings is 2. The Hall–Kier alpha value is -2.16. The lowest BCUT2D eigenvalue weighted by Gasteiger charge is -2.14. The summed E-state index contributed by atoms with van der Waals surface area (Å²) >= 11 is 1.45. The van der Waals surface area contributed by atoms with Gasteiger partial charge in [-0.3, -0.25) is 9.36 Å². The van der Waals surface area contributed by atoms with Gasteiger partial charge in [0.1, 0.15) is 0 Å². The highest BCUT2D eigenvalue weighted by Crippen LogP contribution is 2.24. The summed E-state index contributed by atoms with van der Waals surface area (Å²) in [6.07, 6.45) is 1.87. The molecule has 2 aromatic carbocycles. The van der Waals surface area contributed by atoms with Crippen molar-refractivity contribution in [2.45, 2.75) is 42.1 Å². The molecule has 0 atom stereocenters. The molecule has 29 heavy (non-hydrogen) atoms. The van der Waals surface area contributed by atoms with Crippen LogP contribution < -0.4 is 5.56 Å². The average molecular weight is 432 g/mol. The second kappa shape index (κ2) is 9.11. The van der Waals surface area contributed by atoms with E-state index in [-0.39, 0.29) is 10.5 Å². The van der Waals surface area contributed by atoms with Crippen LogP contribution in [0.15, 0.2) is 63.4 Å². The number of thioether (sulfide) groups is 1. The monoisotopic (exact) mass is 431 g/mol. The van der Waals surface area contributed by atoms with Gasteiger partial charge in [-0.25, -0.2) is 17.7 Å². The summed E-state index contributed by atoms with van der Waals surface area (Å²) in [5.41, 5.74) is 1.51. The van der Waals surface area contributed by atoms with E-state index in [9.17, 15) is 13.2 Å². The Morgan fingerprint density at radius 1 is 1.10 bits per heavy atom. The number of fused-ring (bicyclic) bond motifs is 1. The third-order valence-corrected chi connectivity index (χ3v) is 7.47. The van der Waals surface area contributed by atoms with Crippen LogP contribution in [0.4, 0.5) is 0 Å². The molecule has 154 valence electrons. The second-order valence-electron chi connectivity index (χ2n) is 6.95. The number of sulfonamides is 1. The van der Waals surface area contributed by atoms with Gasteiger partial charge in [0.2, 0.25) is 10.0 Å². The van der Waals surface area contributed by atoms with Crippen LogP contribution in [-0.4, -0.2) is 36.4 Å². The molecule has 0 N–H and O–H groups in total. The molecule has 8 heteroatoms. The van der Waals surface area contributed by atoms with Crippen LogP contribution in [-0.2, 0) is 22.3 Å². The first-order valence-corrected chi connectivity index (χ1v) is 11.9. The van der Waals surface area contributed by atoms with Crippen molar-refractivity contribution < 1.29 is 8.42 Å². The Morgan fingerprint density at radius 3 is 2.59 bits per heavy atom. The zero-order valence-electron chi connectivity index (χ0n) is 16.8. The van der Waals surface area contributed by atoms with E-state index in [0.717, 1.165) is 18.4 Å². The Kier molecular flexibility index (Phi) is 6.77. The summed E-state index contributed by atoms with van der Waals surface area (Å²) in [5, 5.41) is 1.27. The van der Waals surface area contributed by atoms with E-state index in [1.54, 1.807) is 28.8 Å². The molecule has 0 aliphatic heterocycles. The number of hydrogen-bond donors (Lipinski definition) is 0. The first-order valence-electron chi connectivity index (χ1n) is 9.48. The van der Waals surface area contributed by atoms with Crippen molar-refractivity contribution >= 4 is 32.7 Å². The molecule has 0 amide bonds. The zero-order chi connectivity index (χ0) is 21.0. The molecule has 0 spiro atoms. The molecule has 3 rings (SSSR count). The van der Waals surface area contributed by atoms with E-state index in [0.29, 0.717) is 28.4 Å². The molecule has 6 nitrogen and oxygen atoms in total. The van der Waals surface area contributed by atoms with Gasteiger partial charge < -0.3 is 0 Å². The normalized spacial score (nSPS) is 12.0. The lowest BCUT2D eigenvalue weighted by atomic mass is 10.2. The minimum atomic E-state index is -3.48. The fourth-order valence-electron chi connectivity index (χ4n) is 2.93. The van der Waals surface area contributed by atoms with Gasteiger partial charge in [-0.05, 0) is 36.2 Å². The van der Waals surface area contributed by atoms with Crippen LogP contribution in [0.25, 0.3) is 10.9 Å². The molecule has 0 unspecified atom stereocenters. The quantitative estimate of drug-likeness (QED) is 0.401. The van der Waals surface area contributed by atoms with Gasteiger partial charge in [-0.1, -0.05) is 49.4 Å². The summed E-state index contributed by atoms with van der Waals surface area (Å²) in [6.45, 7) is 2.70. The SMILES string of the molecule is CCCCn1c(SCc2cccc(S(=O)(=O)N(C)C)c2)nc2ccccc2c1=O. The first kappa shape index (κ1) is 21.5. The lowest BCUT2D eigenvalue weighted by Crippen LogP contribution is -2.23. The maximum Gasteiger partial charge on any atom is 0.262 e. The van der Waals surface area contributed by atoms with Gasteiger partial charge in [-0.15, -0.1) is 0 Å². The number of aromatic nitrogens is 2. The van der Waals surface area contributed by atoms with Crippen molar-refractivity contribution in [1.29, 1.82) is 0 Å². The van der Waals surface area contributed by atoms with Crippen LogP contribution in [0.1, 0.15) is 25.3 Å². The highest BCUT2D eigenvalue weighted by Gasteiger charge is 2.17. The fourth-order valence-corrected chi connectivity index (χ4v) is 4.87. The summed E-state index contributed by atoms with van der Waals surface area (Å²) in [4.78, 5) is 17.9. The predicted octanol–water partition coefficient (Wildman–Crippen LogP) is 3.74. The maximum atomic E-state index is 13.0. The summed E-state index contributed by atoms with van der Waals surface area (Å²) in [6, 6.07) is 14.3. The van der Waals surface area contributed by atoms with Crippen molar-refractivity contribution in [2.75, 3.05) is 14.1 Å². The molecular weight excluding hydrogens is 406 g/mol. The lowest BCUT2D eigenvalue weighted by molar-refractivity contribution is 0.520. The first-order chi connectivity index (χ1) is 13.8. The summed E-state index contributed by atoms with van der Waals surface area (Å²) in [7, 11) is -0.453. The molecule has 0 aliphatic carbocycles. The Morgan fingerprint density at radius 2 is 1.86 bits per heavy atom. The van der Waals surface area contributed by atoms with Crippen molar-refractivity contribution in [3.63, 3.8) is 0 Å². The minimum absolute atomic E-state index is 0.0320. The molecule has 0 fully saturated rings. The van der Waals surface area contributed by atoms with E-state index in [4.69, 9.17) is 4.98 Å². The average Bonchev–Trinajstić information content (AvgIpc) is 2.72. The van der Waals surface area contributed by atoms with Crippen LogP contribution in [0, 0.1) is 0 Å². The highest BCUT2D eigenvalue weighted by atomic mass is 32.2. The third-order valence-electron chi connectivity index (χ3n) is 4.61. The van der Waals surface area contributed by atoms with Crippen LogP contribution in [0.3, 0.4) is 0 Å². The molecule has 0 saturated carbocycles. The van der Waals surface area contributed by atoms with Crippen molar-refractivity contribution in [1.82, 2.24) is 13.9 Å². The van der Waals surface area contributed by atoms with Crippen LogP contribution >= 0.6 is 11.8 Å². The summed E-state index contributed by atoms with van der Waals surface area (Å²) in [5.74, 6) is 0.522. The molecule has 1 heterocycles. The Bertz CT molecular complexity index is 1170. The van der Waals surface area contributed by atoms with Gasteiger partial charge in [0.05, 0.1) is 15.8 Å². The Labute approximate surface area is 175 Å². The smallest absolute Gasteiger partial charge is 0.262 e. The van der Waals surface area contributed by atoms with Crippen molar-refractivity contribution in [3.05, 3.63) is 64.4 Å². The van der Waals surface area contributed by atoms with Gasteiger partial charge in [-0.2, -0.15) is 0 Å². The highest BCUT2D eigenvalue weighted by molar-refractivity contribution is 7.98. The largest absolute Gasteiger partial charge is 0.287 e. The van der Waals surface area contributed by atoms with Crippen molar-refractivity contribution in [2.24, 2.45) is 0 Å². The van der Waals surface area contributed by atoms with Crippen molar-refractivity contribution in [3.8, 4) is 0 Å². The molecule has 0 aliphatic rings.